The van der Waals surface area contributed by atoms with Gasteiger partial charge < -0.3 is 9.88 Å². The van der Waals surface area contributed by atoms with Crippen molar-refractivity contribution >= 4 is 22.6 Å². The third-order valence-corrected chi connectivity index (χ3v) is 4.44. The lowest BCUT2D eigenvalue weighted by Crippen LogP contribution is -2.25. The molecule has 1 saturated carbocycles. The van der Waals surface area contributed by atoms with E-state index in [4.69, 9.17) is 0 Å². The number of benzene rings is 1. The molecule has 1 N–H and O–H groups in total. The van der Waals surface area contributed by atoms with Crippen LogP contribution in [0.2, 0.25) is 0 Å². The van der Waals surface area contributed by atoms with Gasteiger partial charge in [0.05, 0.1) is 17.4 Å². The molecule has 2 heterocycles. The van der Waals surface area contributed by atoms with Crippen LogP contribution in [0.25, 0.3) is 22.2 Å². The third-order valence-electron chi connectivity index (χ3n) is 4.44. The van der Waals surface area contributed by atoms with E-state index < -0.39 is 11.6 Å². The van der Waals surface area contributed by atoms with Crippen LogP contribution >= 0.6 is 0 Å². The topological polar surface area (TPSA) is 72.7 Å². The van der Waals surface area contributed by atoms with Crippen molar-refractivity contribution in [1.29, 1.82) is 0 Å². The van der Waals surface area contributed by atoms with Gasteiger partial charge in [-0.05, 0) is 38.0 Å². The Kier molecular flexibility index (Phi) is 3.13. The molecule has 0 atom stereocenters. The minimum atomic E-state index is -1.73. The van der Waals surface area contributed by atoms with E-state index >= 15 is 0 Å². The summed E-state index contributed by atoms with van der Waals surface area (Å²) in [5.41, 5.74) is 0.944. The van der Waals surface area contributed by atoms with Crippen LogP contribution in [0.15, 0.2) is 30.5 Å². The molecule has 122 valence electrons. The van der Waals surface area contributed by atoms with Crippen molar-refractivity contribution in [2.24, 2.45) is 7.05 Å². The maximum atomic E-state index is 13.8. The van der Waals surface area contributed by atoms with E-state index in [2.05, 4.69) is 20.5 Å². The second kappa shape index (κ2) is 5.09. The highest BCUT2D eigenvalue weighted by atomic mass is 19.1. The average Bonchev–Trinajstić information content (AvgIpc) is 3.24. The number of nitrogens with zero attached hydrogens (tertiary/aromatic N) is 4. The summed E-state index contributed by atoms with van der Waals surface area (Å²) in [5.74, 6) is 0.535. The maximum absolute atomic E-state index is 13.8. The maximum Gasteiger partial charge on any atom is 0.263 e. The SMILES string of the molecule is Cc1ncc(-c2ccc3nnc(NC(=O)C4(F)CC4)cc3c2)n1C. The smallest absolute Gasteiger partial charge is 0.263 e. The Morgan fingerprint density at radius 1 is 1.29 bits per heavy atom. The number of aryl methyl sites for hydroxylation is 1. The lowest BCUT2D eigenvalue weighted by Gasteiger charge is -2.08. The second-order valence-corrected chi connectivity index (χ2v) is 6.17. The number of aromatic nitrogens is 4. The van der Waals surface area contributed by atoms with Crippen molar-refractivity contribution < 1.29 is 9.18 Å². The second-order valence-electron chi connectivity index (χ2n) is 6.17. The zero-order valence-corrected chi connectivity index (χ0v) is 13.4. The monoisotopic (exact) mass is 325 g/mol. The number of amides is 1. The first-order valence-corrected chi connectivity index (χ1v) is 7.73. The van der Waals surface area contributed by atoms with Gasteiger partial charge >= 0.3 is 0 Å². The zero-order chi connectivity index (χ0) is 16.9. The zero-order valence-electron chi connectivity index (χ0n) is 13.4. The number of halogens is 1. The summed E-state index contributed by atoms with van der Waals surface area (Å²) in [6.07, 6.45) is 2.35. The molecule has 7 heteroatoms. The van der Waals surface area contributed by atoms with Crippen molar-refractivity contribution in [3.05, 3.63) is 36.3 Å². The van der Waals surface area contributed by atoms with E-state index in [9.17, 15) is 9.18 Å². The summed E-state index contributed by atoms with van der Waals surface area (Å²) >= 11 is 0. The summed E-state index contributed by atoms with van der Waals surface area (Å²) in [7, 11) is 1.95. The van der Waals surface area contributed by atoms with E-state index in [1.165, 1.54) is 0 Å². The largest absolute Gasteiger partial charge is 0.331 e. The molecule has 1 amide bonds. The first-order valence-electron chi connectivity index (χ1n) is 7.73. The fraction of sp³-hybridized carbons (Fsp3) is 0.294. The fourth-order valence-corrected chi connectivity index (χ4v) is 2.60. The molecule has 1 aromatic carbocycles. The number of hydrogen-bond donors (Lipinski definition) is 1. The number of carbonyl (C=O) groups is 1. The molecule has 4 rings (SSSR count). The lowest BCUT2D eigenvalue weighted by atomic mass is 10.1. The van der Waals surface area contributed by atoms with Gasteiger partial charge in [-0.1, -0.05) is 6.07 Å². The highest BCUT2D eigenvalue weighted by Crippen LogP contribution is 2.40. The van der Waals surface area contributed by atoms with Crippen LogP contribution in [0.3, 0.4) is 0 Å². The quantitative estimate of drug-likeness (QED) is 0.803. The van der Waals surface area contributed by atoms with Gasteiger partial charge in [0.1, 0.15) is 5.82 Å². The Labute approximate surface area is 137 Å². The number of anilines is 1. The molecule has 2 aromatic heterocycles. The highest BCUT2D eigenvalue weighted by molar-refractivity contribution is 5.99. The predicted molar refractivity (Wildman–Crippen MR) is 88.2 cm³/mol. The number of hydrogen-bond acceptors (Lipinski definition) is 4. The molecule has 24 heavy (non-hydrogen) atoms. The molecule has 0 saturated heterocycles. The standard InChI is InChI=1S/C17H16FN5O/c1-10-19-9-14(23(10)2)11-3-4-13-12(7-11)8-15(22-21-13)20-16(24)17(18)5-6-17/h3-4,7-9H,5-6H2,1-2H3,(H,20,22,24). The number of carbonyl (C=O) groups excluding carboxylic acids is 1. The Morgan fingerprint density at radius 3 is 2.75 bits per heavy atom. The van der Waals surface area contributed by atoms with E-state index in [0.29, 0.717) is 5.52 Å². The number of alkyl halides is 1. The summed E-state index contributed by atoms with van der Waals surface area (Å²) in [5, 5.41) is 11.4. The van der Waals surface area contributed by atoms with Gasteiger partial charge in [-0.25, -0.2) is 9.37 Å². The Balaban J connectivity index is 1.70. The van der Waals surface area contributed by atoms with Gasteiger partial charge in [-0.3, -0.25) is 4.79 Å². The Bertz CT molecular complexity index is 961. The van der Waals surface area contributed by atoms with Crippen LogP contribution in [0.1, 0.15) is 18.7 Å². The van der Waals surface area contributed by atoms with E-state index in [0.717, 1.165) is 22.5 Å². The minimum absolute atomic E-state index is 0.259. The average molecular weight is 325 g/mol. The summed E-state index contributed by atoms with van der Waals surface area (Å²) in [6, 6.07) is 7.48. The fourth-order valence-electron chi connectivity index (χ4n) is 2.60. The molecular weight excluding hydrogens is 309 g/mol. The van der Waals surface area contributed by atoms with E-state index in [1.807, 2.05) is 42.9 Å². The van der Waals surface area contributed by atoms with Gasteiger partial charge in [0.2, 0.25) is 0 Å². The van der Waals surface area contributed by atoms with Gasteiger partial charge in [0.25, 0.3) is 5.91 Å². The van der Waals surface area contributed by atoms with Crippen LogP contribution in [-0.2, 0) is 11.8 Å². The van der Waals surface area contributed by atoms with Crippen LogP contribution in [-0.4, -0.2) is 31.3 Å². The molecule has 1 aliphatic carbocycles. The molecule has 0 radical (unpaired) electrons. The number of nitrogens with one attached hydrogen (secondary N) is 1. The number of fused-ring (bicyclic) bond motifs is 1. The number of imidazole rings is 1. The molecular formula is C17H16FN5O. The van der Waals surface area contributed by atoms with Crippen molar-refractivity contribution in [3.8, 4) is 11.3 Å². The molecule has 0 bridgehead atoms. The van der Waals surface area contributed by atoms with Crippen molar-refractivity contribution in [2.75, 3.05) is 5.32 Å². The van der Waals surface area contributed by atoms with Gasteiger partial charge in [-0.2, -0.15) is 0 Å². The van der Waals surface area contributed by atoms with Crippen LogP contribution < -0.4 is 5.32 Å². The van der Waals surface area contributed by atoms with Crippen LogP contribution in [0, 0.1) is 6.92 Å². The molecule has 0 aliphatic heterocycles. The molecule has 0 spiro atoms. The minimum Gasteiger partial charge on any atom is -0.331 e. The normalized spacial score (nSPS) is 15.5. The lowest BCUT2D eigenvalue weighted by molar-refractivity contribution is -0.122. The van der Waals surface area contributed by atoms with E-state index in [1.54, 1.807) is 6.07 Å². The predicted octanol–water partition coefficient (Wildman–Crippen LogP) is 2.78. The van der Waals surface area contributed by atoms with Gasteiger partial charge in [-0.15, -0.1) is 10.2 Å². The highest BCUT2D eigenvalue weighted by Gasteiger charge is 2.51. The molecule has 1 fully saturated rings. The third kappa shape index (κ3) is 2.42. The van der Waals surface area contributed by atoms with Crippen LogP contribution in [0.5, 0.6) is 0 Å². The Hall–Kier alpha value is -2.83. The number of rotatable bonds is 3. The molecule has 0 unspecified atom stereocenters. The van der Waals surface area contributed by atoms with Crippen molar-refractivity contribution in [3.63, 3.8) is 0 Å². The first kappa shape index (κ1) is 14.7. The van der Waals surface area contributed by atoms with Crippen molar-refractivity contribution in [1.82, 2.24) is 19.7 Å². The van der Waals surface area contributed by atoms with Gasteiger partial charge in [0, 0.05) is 18.0 Å². The van der Waals surface area contributed by atoms with Gasteiger partial charge in [0.15, 0.2) is 11.5 Å². The summed E-state index contributed by atoms with van der Waals surface area (Å²) < 4.78 is 15.8. The molecule has 6 nitrogen and oxygen atoms in total. The van der Waals surface area contributed by atoms with Crippen molar-refractivity contribution in [2.45, 2.75) is 25.4 Å². The first-order chi connectivity index (χ1) is 11.5. The van der Waals surface area contributed by atoms with Crippen LogP contribution in [0.4, 0.5) is 10.2 Å². The summed E-state index contributed by atoms with van der Waals surface area (Å²) in [6.45, 7) is 1.94. The molecule has 3 aromatic rings. The Morgan fingerprint density at radius 2 is 2.08 bits per heavy atom. The molecule has 1 aliphatic rings. The van der Waals surface area contributed by atoms with E-state index in [-0.39, 0.29) is 18.7 Å². The summed E-state index contributed by atoms with van der Waals surface area (Å²) in [4.78, 5) is 16.1.